The summed E-state index contributed by atoms with van der Waals surface area (Å²) in [5, 5.41) is 7.44. The molecule has 0 amide bonds. The molecule has 16 heavy (non-hydrogen) atoms. The first kappa shape index (κ1) is 11.0. The van der Waals surface area contributed by atoms with E-state index in [9.17, 15) is 0 Å². The predicted molar refractivity (Wildman–Crippen MR) is 67.5 cm³/mol. The van der Waals surface area contributed by atoms with E-state index in [1.54, 1.807) is 0 Å². The maximum Gasteiger partial charge on any atom is 0.0277 e. The third kappa shape index (κ3) is 2.28. The van der Waals surface area contributed by atoms with Crippen LogP contribution in [-0.2, 0) is 0 Å². The van der Waals surface area contributed by atoms with E-state index >= 15 is 0 Å². The molecule has 2 nitrogen and oxygen atoms in total. The number of nitrogens with one attached hydrogen (secondary N) is 2. The van der Waals surface area contributed by atoms with Crippen LogP contribution in [-0.4, -0.2) is 25.2 Å². The molecule has 2 aliphatic carbocycles. The molecule has 1 atom stereocenters. The van der Waals surface area contributed by atoms with Crippen molar-refractivity contribution in [3.05, 3.63) is 0 Å². The highest BCUT2D eigenvalue weighted by atomic mass is 15.0. The Morgan fingerprint density at radius 3 is 2.50 bits per heavy atom. The molecule has 1 aliphatic heterocycles. The lowest BCUT2D eigenvalue weighted by Crippen LogP contribution is -2.53. The highest BCUT2D eigenvalue weighted by molar-refractivity contribution is 5.05. The molecule has 2 heteroatoms. The van der Waals surface area contributed by atoms with Gasteiger partial charge in [0.2, 0.25) is 0 Å². The molecule has 3 aliphatic rings. The fraction of sp³-hybridized carbons (Fsp3) is 1.00. The Balaban J connectivity index is 1.42. The van der Waals surface area contributed by atoms with Crippen LogP contribution >= 0.6 is 0 Å². The summed E-state index contributed by atoms with van der Waals surface area (Å²) in [7, 11) is 0. The molecule has 1 saturated heterocycles. The van der Waals surface area contributed by atoms with Gasteiger partial charge >= 0.3 is 0 Å². The Hall–Kier alpha value is -0.0800. The molecule has 0 aromatic carbocycles. The fourth-order valence-electron chi connectivity index (χ4n) is 3.44. The second-order valence-electron chi connectivity index (χ2n) is 6.68. The molecule has 0 bridgehead atoms. The third-order valence-corrected chi connectivity index (χ3v) is 5.03. The van der Waals surface area contributed by atoms with Crippen molar-refractivity contribution in [3.8, 4) is 0 Å². The van der Waals surface area contributed by atoms with Crippen molar-refractivity contribution < 1.29 is 0 Å². The van der Waals surface area contributed by atoms with E-state index in [-0.39, 0.29) is 0 Å². The molecular formula is C14H26N2. The van der Waals surface area contributed by atoms with Crippen molar-refractivity contribution in [2.24, 2.45) is 11.3 Å². The molecular weight excluding hydrogens is 196 g/mol. The highest BCUT2D eigenvalue weighted by Crippen LogP contribution is 2.60. The van der Waals surface area contributed by atoms with E-state index in [0.29, 0.717) is 5.54 Å². The van der Waals surface area contributed by atoms with Gasteiger partial charge in [-0.25, -0.2) is 0 Å². The van der Waals surface area contributed by atoms with Gasteiger partial charge in [-0.05, 0) is 63.3 Å². The van der Waals surface area contributed by atoms with Gasteiger partial charge in [-0.2, -0.15) is 0 Å². The van der Waals surface area contributed by atoms with Gasteiger partial charge in [0.25, 0.3) is 0 Å². The zero-order valence-electron chi connectivity index (χ0n) is 10.6. The molecule has 2 saturated carbocycles. The summed E-state index contributed by atoms with van der Waals surface area (Å²) in [5.74, 6) is 1.09. The first-order valence-corrected chi connectivity index (χ1v) is 7.18. The van der Waals surface area contributed by atoms with Crippen LogP contribution in [0, 0.1) is 11.3 Å². The van der Waals surface area contributed by atoms with Crippen LogP contribution in [0.2, 0.25) is 0 Å². The summed E-state index contributed by atoms with van der Waals surface area (Å²) in [4.78, 5) is 0. The van der Waals surface area contributed by atoms with E-state index < -0.39 is 0 Å². The van der Waals surface area contributed by atoms with E-state index in [0.717, 1.165) is 11.3 Å². The minimum atomic E-state index is 0.373. The van der Waals surface area contributed by atoms with E-state index in [4.69, 9.17) is 0 Å². The van der Waals surface area contributed by atoms with Crippen LogP contribution < -0.4 is 10.6 Å². The van der Waals surface area contributed by atoms with Crippen molar-refractivity contribution in [1.82, 2.24) is 10.6 Å². The smallest absolute Gasteiger partial charge is 0.0277 e. The molecule has 3 rings (SSSR count). The fourth-order valence-corrected chi connectivity index (χ4v) is 3.44. The third-order valence-electron chi connectivity index (χ3n) is 5.03. The predicted octanol–water partition coefficient (Wildman–Crippen LogP) is 2.30. The van der Waals surface area contributed by atoms with Crippen molar-refractivity contribution in [2.45, 2.75) is 57.4 Å². The van der Waals surface area contributed by atoms with Crippen LogP contribution in [0.25, 0.3) is 0 Å². The maximum atomic E-state index is 3.76. The molecule has 1 heterocycles. The lowest BCUT2D eigenvalue weighted by atomic mass is 9.90. The van der Waals surface area contributed by atoms with Gasteiger partial charge < -0.3 is 10.6 Å². The maximum absolute atomic E-state index is 3.76. The summed E-state index contributed by atoms with van der Waals surface area (Å²) in [6.07, 6.45) is 10.1. The summed E-state index contributed by atoms with van der Waals surface area (Å²) in [6, 6.07) is 0. The van der Waals surface area contributed by atoms with Gasteiger partial charge in [-0.15, -0.1) is 0 Å². The normalized spacial score (nSPS) is 37.3. The monoisotopic (exact) mass is 222 g/mol. The van der Waals surface area contributed by atoms with Crippen LogP contribution in [0.15, 0.2) is 0 Å². The zero-order chi connectivity index (χ0) is 11.1. The van der Waals surface area contributed by atoms with E-state index in [1.165, 1.54) is 64.6 Å². The van der Waals surface area contributed by atoms with Gasteiger partial charge in [-0.1, -0.05) is 6.42 Å². The number of hydrogen-bond acceptors (Lipinski definition) is 2. The SMILES string of the molecule is CC1(CNCC2(C3CC3)CC2)CCCCN1. The van der Waals surface area contributed by atoms with E-state index in [2.05, 4.69) is 17.6 Å². The van der Waals surface area contributed by atoms with Gasteiger partial charge in [0.05, 0.1) is 0 Å². The molecule has 3 fully saturated rings. The minimum Gasteiger partial charge on any atom is -0.314 e. The second-order valence-corrected chi connectivity index (χ2v) is 6.68. The lowest BCUT2D eigenvalue weighted by Gasteiger charge is -2.35. The average molecular weight is 222 g/mol. The molecule has 0 aromatic rings. The molecule has 0 spiro atoms. The molecule has 0 radical (unpaired) electrons. The van der Waals surface area contributed by atoms with Crippen LogP contribution in [0.5, 0.6) is 0 Å². The summed E-state index contributed by atoms with van der Waals surface area (Å²) >= 11 is 0. The Morgan fingerprint density at radius 1 is 1.12 bits per heavy atom. The number of hydrogen-bond donors (Lipinski definition) is 2. The molecule has 92 valence electrons. The van der Waals surface area contributed by atoms with Crippen molar-refractivity contribution in [3.63, 3.8) is 0 Å². The largest absolute Gasteiger partial charge is 0.314 e. The number of piperidine rings is 1. The van der Waals surface area contributed by atoms with Crippen LogP contribution in [0.4, 0.5) is 0 Å². The topological polar surface area (TPSA) is 24.1 Å². The summed E-state index contributed by atoms with van der Waals surface area (Å²) < 4.78 is 0. The van der Waals surface area contributed by atoms with Crippen LogP contribution in [0.1, 0.15) is 51.9 Å². The Morgan fingerprint density at radius 2 is 1.94 bits per heavy atom. The van der Waals surface area contributed by atoms with Gasteiger partial charge in [0.1, 0.15) is 0 Å². The van der Waals surface area contributed by atoms with Gasteiger partial charge in [-0.3, -0.25) is 0 Å². The standard InChI is InChI=1S/C14H26N2/c1-13(6-2-3-9-16-13)10-15-11-14(7-8-14)12-4-5-12/h12,15-16H,2-11H2,1H3. The quantitative estimate of drug-likeness (QED) is 0.746. The van der Waals surface area contributed by atoms with Crippen molar-refractivity contribution in [1.29, 1.82) is 0 Å². The first-order chi connectivity index (χ1) is 7.73. The second kappa shape index (κ2) is 3.99. The number of rotatable bonds is 5. The highest BCUT2D eigenvalue weighted by Gasteiger charge is 2.53. The van der Waals surface area contributed by atoms with Crippen molar-refractivity contribution >= 4 is 0 Å². The Labute approximate surface area is 99.6 Å². The van der Waals surface area contributed by atoms with Gasteiger partial charge in [0.15, 0.2) is 0 Å². The minimum absolute atomic E-state index is 0.373. The summed E-state index contributed by atoms with van der Waals surface area (Å²) in [6.45, 7) is 6.05. The summed E-state index contributed by atoms with van der Waals surface area (Å²) in [5.41, 5.74) is 1.13. The Bertz CT molecular complexity index is 247. The lowest BCUT2D eigenvalue weighted by molar-refractivity contribution is 0.256. The average Bonchev–Trinajstić information content (AvgIpc) is 3.13. The van der Waals surface area contributed by atoms with Gasteiger partial charge in [0, 0.05) is 18.6 Å². The Kier molecular flexibility index (Phi) is 2.75. The molecule has 2 N–H and O–H groups in total. The zero-order valence-corrected chi connectivity index (χ0v) is 10.6. The van der Waals surface area contributed by atoms with E-state index in [1.807, 2.05) is 0 Å². The van der Waals surface area contributed by atoms with Crippen molar-refractivity contribution in [2.75, 3.05) is 19.6 Å². The molecule has 1 unspecified atom stereocenters. The first-order valence-electron chi connectivity index (χ1n) is 7.18. The molecule has 0 aromatic heterocycles. The van der Waals surface area contributed by atoms with Crippen LogP contribution in [0.3, 0.4) is 0 Å².